The number of rotatable bonds is 4. The zero-order chi connectivity index (χ0) is 27.3. The van der Waals surface area contributed by atoms with Crippen LogP contribution in [0.2, 0.25) is 0 Å². The smallest absolute Gasteiger partial charge is 0.346 e. The number of carboxylic acid groups (broad SMARTS) is 2. The lowest BCUT2D eigenvalue weighted by molar-refractivity contribution is 0.0400. The Morgan fingerprint density at radius 2 is 0.949 bits per heavy atom. The van der Waals surface area contributed by atoms with E-state index in [1.54, 1.807) is 48.5 Å². The third-order valence-corrected chi connectivity index (χ3v) is 6.57. The van der Waals surface area contributed by atoms with Crippen LogP contribution >= 0.6 is 0 Å². The van der Waals surface area contributed by atoms with Crippen LogP contribution in [0, 0.1) is 0 Å². The van der Waals surface area contributed by atoms with Crippen molar-refractivity contribution in [2.45, 2.75) is 0 Å². The molecule has 188 valence electrons. The minimum absolute atomic E-state index is 0.101. The van der Waals surface area contributed by atoms with Crippen LogP contribution in [0.4, 0.5) is 0 Å². The van der Waals surface area contributed by atoms with Gasteiger partial charge in [0.2, 0.25) is 0 Å². The van der Waals surface area contributed by atoms with E-state index < -0.39 is 23.9 Å². The molecule has 0 spiro atoms. The molecule has 39 heavy (non-hydrogen) atoms. The van der Waals surface area contributed by atoms with Crippen LogP contribution in [0.3, 0.4) is 0 Å². The third kappa shape index (κ3) is 3.80. The van der Waals surface area contributed by atoms with Gasteiger partial charge in [0.05, 0.1) is 33.3 Å². The maximum atomic E-state index is 13.3. The number of carbonyl (C=O) groups excluding carboxylic acids is 2. The van der Waals surface area contributed by atoms with E-state index in [4.69, 9.17) is 4.74 Å². The highest BCUT2D eigenvalue weighted by Crippen LogP contribution is 2.33. The monoisotopic (exact) mass is 516 g/mol. The SMILES string of the molecule is O=C(O)c1cc2ncccc2c2cccc(C(=O)OC(=O)c3cccc4c3c(C(=O)O)cc3ncccc34)c12. The molecule has 0 unspecified atom stereocenters. The standard InChI is InChI=1S/C30H16N2O7/c33-27(34)21-13-23-15(9-3-11-31-23)17-5-1-7-19(25(17)21)29(37)39-30(38)20-8-2-6-18-16-10-4-12-32-24(16)14-22(26(18)20)28(35)36/h1-14H,(H,33,34)(H,35,36). The number of ether oxygens (including phenoxy) is 1. The molecule has 0 radical (unpaired) electrons. The van der Waals surface area contributed by atoms with Crippen LogP contribution < -0.4 is 0 Å². The number of nitrogens with zero attached hydrogens (tertiary/aromatic N) is 2. The molecule has 0 bridgehead atoms. The summed E-state index contributed by atoms with van der Waals surface area (Å²) in [5.74, 6) is -4.71. The van der Waals surface area contributed by atoms with Crippen molar-refractivity contribution in [1.82, 2.24) is 9.97 Å². The van der Waals surface area contributed by atoms with E-state index in [1.165, 1.54) is 36.7 Å². The lowest BCUT2D eigenvalue weighted by Crippen LogP contribution is -2.15. The van der Waals surface area contributed by atoms with Crippen molar-refractivity contribution in [3.8, 4) is 0 Å². The fourth-order valence-corrected chi connectivity index (χ4v) is 4.94. The van der Waals surface area contributed by atoms with Crippen molar-refractivity contribution in [2.24, 2.45) is 0 Å². The van der Waals surface area contributed by atoms with Gasteiger partial charge in [0.15, 0.2) is 0 Å². The highest BCUT2D eigenvalue weighted by atomic mass is 16.6. The number of hydrogen-bond acceptors (Lipinski definition) is 7. The molecule has 0 aliphatic carbocycles. The fourth-order valence-electron chi connectivity index (χ4n) is 4.94. The Hall–Kier alpha value is -5.70. The fraction of sp³-hybridized carbons (Fsp3) is 0. The van der Waals surface area contributed by atoms with E-state index in [2.05, 4.69) is 9.97 Å². The molecule has 0 saturated carbocycles. The van der Waals surface area contributed by atoms with Crippen LogP contribution in [-0.2, 0) is 4.74 Å². The summed E-state index contributed by atoms with van der Waals surface area (Å²) in [6, 6.07) is 18.8. The molecule has 0 aliphatic rings. The van der Waals surface area contributed by atoms with E-state index in [1.807, 2.05) is 0 Å². The number of pyridine rings is 2. The summed E-state index contributed by atoms with van der Waals surface area (Å²) in [6.07, 6.45) is 3.07. The van der Waals surface area contributed by atoms with Gasteiger partial charge in [0.25, 0.3) is 0 Å². The number of benzene rings is 4. The Morgan fingerprint density at radius 1 is 0.538 bits per heavy atom. The summed E-state index contributed by atoms with van der Waals surface area (Å²) in [6.45, 7) is 0. The highest BCUT2D eigenvalue weighted by Gasteiger charge is 2.25. The van der Waals surface area contributed by atoms with Crippen molar-refractivity contribution in [1.29, 1.82) is 0 Å². The van der Waals surface area contributed by atoms with Crippen LogP contribution in [0.1, 0.15) is 41.4 Å². The summed E-state index contributed by atoms with van der Waals surface area (Å²) in [5.41, 5.74) is 0.266. The summed E-state index contributed by atoms with van der Waals surface area (Å²) in [4.78, 5) is 59.4. The van der Waals surface area contributed by atoms with E-state index in [0.717, 1.165) is 0 Å². The number of carboxylic acids is 2. The first-order chi connectivity index (χ1) is 18.8. The average molecular weight is 516 g/mol. The van der Waals surface area contributed by atoms with Crippen molar-refractivity contribution >= 4 is 67.2 Å². The van der Waals surface area contributed by atoms with Gasteiger partial charge in [0.1, 0.15) is 0 Å². The molecule has 0 fully saturated rings. The van der Waals surface area contributed by atoms with Crippen LogP contribution in [0.25, 0.3) is 43.4 Å². The number of carbonyl (C=O) groups is 4. The Bertz CT molecular complexity index is 1900. The second kappa shape index (κ2) is 9.00. The molecule has 6 aromatic rings. The normalized spacial score (nSPS) is 11.2. The van der Waals surface area contributed by atoms with E-state index in [-0.39, 0.29) is 33.0 Å². The lowest BCUT2D eigenvalue weighted by atomic mass is 9.95. The van der Waals surface area contributed by atoms with Crippen LogP contribution in [0.15, 0.2) is 85.2 Å². The average Bonchev–Trinajstić information content (AvgIpc) is 2.95. The Kier molecular flexibility index (Phi) is 5.46. The van der Waals surface area contributed by atoms with Gasteiger partial charge in [0, 0.05) is 33.9 Å². The summed E-state index contributed by atoms with van der Waals surface area (Å²) in [5, 5.41) is 22.1. The molecule has 6 rings (SSSR count). The maximum absolute atomic E-state index is 13.3. The Morgan fingerprint density at radius 3 is 1.36 bits per heavy atom. The Balaban J connectivity index is 1.50. The summed E-state index contributed by atoms with van der Waals surface area (Å²) in [7, 11) is 0. The van der Waals surface area contributed by atoms with Crippen molar-refractivity contribution in [2.75, 3.05) is 0 Å². The van der Waals surface area contributed by atoms with Gasteiger partial charge in [-0.15, -0.1) is 0 Å². The molecule has 4 aromatic carbocycles. The molecule has 0 saturated heterocycles. The first-order valence-corrected chi connectivity index (χ1v) is 11.7. The van der Waals surface area contributed by atoms with Gasteiger partial charge in [-0.05, 0) is 47.2 Å². The second-order valence-electron chi connectivity index (χ2n) is 8.73. The molecule has 9 heteroatoms. The predicted molar refractivity (Wildman–Crippen MR) is 142 cm³/mol. The molecular formula is C30H16N2O7. The summed E-state index contributed by atoms with van der Waals surface area (Å²) >= 11 is 0. The second-order valence-corrected chi connectivity index (χ2v) is 8.73. The van der Waals surface area contributed by atoms with Gasteiger partial charge >= 0.3 is 23.9 Å². The van der Waals surface area contributed by atoms with E-state index in [0.29, 0.717) is 32.6 Å². The van der Waals surface area contributed by atoms with Gasteiger partial charge in [-0.25, -0.2) is 19.2 Å². The number of fused-ring (bicyclic) bond motifs is 6. The first-order valence-electron chi connectivity index (χ1n) is 11.7. The van der Waals surface area contributed by atoms with Gasteiger partial charge < -0.3 is 14.9 Å². The molecule has 2 aromatic heterocycles. The zero-order valence-corrected chi connectivity index (χ0v) is 19.9. The molecule has 2 N–H and O–H groups in total. The molecule has 2 heterocycles. The first kappa shape index (κ1) is 23.7. The quantitative estimate of drug-likeness (QED) is 0.177. The number of hydrogen-bond donors (Lipinski definition) is 2. The minimum Gasteiger partial charge on any atom is -0.478 e. The minimum atomic E-state index is -1.28. The molecular weight excluding hydrogens is 500 g/mol. The third-order valence-electron chi connectivity index (χ3n) is 6.57. The maximum Gasteiger partial charge on any atom is 0.346 e. The van der Waals surface area contributed by atoms with Gasteiger partial charge in [-0.3, -0.25) is 9.97 Å². The molecule has 0 aliphatic heterocycles. The zero-order valence-electron chi connectivity index (χ0n) is 19.9. The van der Waals surface area contributed by atoms with E-state index in [9.17, 15) is 29.4 Å². The number of esters is 2. The number of aromatic carboxylic acids is 2. The highest BCUT2D eigenvalue weighted by molar-refractivity contribution is 6.24. The van der Waals surface area contributed by atoms with Gasteiger partial charge in [-0.1, -0.05) is 36.4 Å². The molecule has 0 atom stereocenters. The lowest BCUT2D eigenvalue weighted by Gasteiger charge is -2.13. The van der Waals surface area contributed by atoms with Crippen molar-refractivity contribution in [3.63, 3.8) is 0 Å². The largest absolute Gasteiger partial charge is 0.478 e. The van der Waals surface area contributed by atoms with Gasteiger partial charge in [-0.2, -0.15) is 0 Å². The molecule has 9 nitrogen and oxygen atoms in total. The van der Waals surface area contributed by atoms with Crippen LogP contribution in [-0.4, -0.2) is 44.1 Å². The van der Waals surface area contributed by atoms with Crippen LogP contribution in [0.5, 0.6) is 0 Å². The predicted octanol–water partition coefficient (Wildman–Crippen LogP) is 5.48. The topological polar surface area (TPSA) is 144 Å². The van der Waals surface area contributed by atoms with Crippen molar-refractivity contribution in [3.05, 3.63) is 107 Å². The Labute approximate surface area is 218 Å². The molecule has 0 amide bonds. The van der Waals surface area contributed by atoms with Crippen molar-refractivity contribution < 1.29 is 34.1 Å². The van der Waals surface area contributed by atoms with E-state index >= 15 is 0 Å². The summed E-state index contributed by atoms with van der Waals surface area (Å²) < 4.78 is 5.24. The number of aromatic nitrogens is 2.